The fourth-order valence-electron chi connectivity index (χ4n) is 7.43. The van der Waals surface area contributed by atoms with E-state index in [0.29, 0.717) is 5.84 Å². The molecule has 0 saturated carbocycles. The van der Waals surface area contributed by atoms with Crippen molar-refractivity contribution in [1.82, 2.24) is 14.5 Å². The lowest BCUT2D eigenvalue weighted by Gasteiger charge is -2.26. The van der Waals surface area contributed by atoms with Crippen LogP contribution in [0.2, 0.25) is 0 Å². The minimum Gasteiger partial charge on any atom is -0.331 e. The fraction of sp³-hybridized carbons (Fsp3) is 0.0233. The third kappa shape index (κ3) is 4.04. The first-order valence-electron chi connectivity index (χ1n) is 16.3. The minimum absolute atomic E-state index is 0.428. The maximum atomic E-state index is 5.29. The summed E-state index contributed by atoms with van der Waals surface area (Å²) in [5.41, 5.74) is 7.70. The van der Waals surface area contributed by atoms with Gasteiger partial charge in [-0.25, -0.2) is 9.98 Å². The topological polar surface area (TPSA) is 46.6 Å². The van der Waals surface area contributed by atoms with Gasteiger partial charge in [-0.05, 0) is 47.2 Å². The van der Waals surface area contributed by atoms with Gasteiger partial charge in [-0.1, -0.05) is 127 Å². The van der Waals surface area contributed by atoms with Crippen LogP contribution in [0.1, 0.15) is 17.4 Å². The van der Waals surface area contributed by atoms with Crippen molar-refractivity contribution in [2.75, 3.05) is 0 Å². The van der Waals surface area contributed by atoms with Gasteiger partial charge in [0, 0.05) is 38.4 Å². The SMILES string of the molecule is c1ccc(C2=NC(n3c4ccccc4c4cc5c6c7ccccc7ccc6n(-c6ccccc6)c5cc43)NC(c3ccccc3)=N2)cc1. The number of benzene rings is 7. The van der Waals surface area contributed by atoms with Crippen LogP contribution in [0, 0.1) is 0 Å². The number of nitrogens with zero attached hydrogens (tertiary/aromatic N) is 4. The standard InChI is InChI=1S/C43H29N5/c1-4-15-29(16-5-1)41-44-42(30-17-6-2-7-18-30)46-43(45-41)48-36-23-13-12-22-33(36)34-26-35-39(27-38(34)48)47(31-19-8-3-9-20-31)37-25-24-28-14-10-11-21-32(28)40(35)37/h1-27,43H,(H,44,45,46). The van der Waals surface area contributed by atoms with Crippen molar-refractivity contribution in [1.29, 1.82) is 0 Å². The summed E-state index contributed by atoms with van der Waals surface area (Å²) >= 11 is 0. The number of hydrogen-bond donors (Lipinski definition) is 1. The Hall–Kier alpha value is -6.46. The minimum atomic E-state index is -0.428. The Labute approximate surface area is 276 Å². The molecule has 0 fully saturated rings. The first-order valence-corrected chi connectivity index (χ1v) is 16.3. The molecule has 5 heteroatoms. The molecular weight excluding hydrogens is 587 g/mol. The van der Waals surface area contributed by atoms with Crippen molar-refractivity contribution < 1.29 is 0 Å². The second kappa shape index (κ2) is 10.5. The molecule has 1 aliphatic heterocycles. The van der Waals surface area contributed by atoms with E-state index in [1.54, 1.807) is 0 Å². The molecule has 0 radical (unpaired) electrons. The Bertz CT molecular complexity index is 2740. The fourth-order valence-corrected chi connectivity index (χ4v) is 7.43. The largest absolute Gasteiger partial charge is 0.331 e. The lowest BCUT2D eigenvalue weighted by atomic mass is 10.0. The zero-order valence-electron chi connectivity index (χ0n) is 26.0. The van der Waals surface area contributed by atoms with Gasteiger partial charge in [0.15, 0.2) is 5.84 Å². The van der Waals surface area contributed by atoms with Crippen molar-refractivity contribution >= 4 is 66.1 Å². The molecule has 5 nitrogen and oxygen atoms in total. The molecule has 1 aliphatic rings. The van der Waals surface area contributed by atoms with Gasteiger partial charge >= 0.3 is 0 Å². The Morgan fingerprint density at radius 1 is 0.479 bits per heavy atom. The lowest BCUT2D eigenvalue weighted by Crippen LogP contribution is -2.36. The highest BCUT2D eigenvalue weighted by atomic mass is 15.3. The van der Waals surface area contributed by atoms with Crippen LogP contribution in [-0.2, 0) is 0 Å². The van der Waals surface area contributed by atoms with Gasteiger partial charge in [0.25, 0.3) is 0 Å². The summed E-state index contributed by atoms with van der Waals surface area (Å²) in [5, 5.41) is 11.1. The van der Waals surface area contributed by atoms with Gasteiger partial charge in [0.2, 0.25) is 6.29 Å². The summed E-state index contributed by atoms with van der Waals surface area (Å²) in [6.45, 7) is 0. The predicted molar refractivity (Wildman–Crippen MR) is 199 cm³/mol. The number of para-hydroxylation sites is 2. The van der Waals surface area contributed by atoms with Gasteiger partial charge in [-0.2, -0.15) is 0 Å². The van der Waals surface area contributed by atoms with Crippen LogP contribution < -0.4 is 5.32 Å². The number of fused-ring (bicyclic) bond motifs is 8. The molecule has 226 valence electrons. The normalized spacial score (nSPS) is 14.9. The summed E-state index contributed by atoms with van der Waals surface area (Å²) in [7, 11) is 0. The molecule has 0 aliphatic carbocycles. The molecule has 0 spiro atoms. The second-order valence-corrected chi connectivity index (χ2v) is 12.3. The summed E-state index contributed by atoms with van der Waals surface area (Å²) in [5.74, 6) is 1.50. The van der Waals surface area contributed by atoms with Gasteiger partial charge in [-0.15, -0.1) is 0 Å². The highest BCUT2D eigenvalue weighted by Crippen LogP contribution is 2.42. The number of aliphatic imine (C=N–C) groups is 2. The summed E-state index contributed by atoms with van der Waals surface area (Å²) < 4.78 is 4.75. The van der Waals surface area contributed by atoms with Crippen LogP contribution in [-0.4, -0.2) is 20.8 Å². The third-order valence-corrected chi connectivity index (χ3v) is 9.55. The monoisotopic (exact) mass is 615 g/mol. The molecule has 1 unspecified atom stereocenters. The molecule has 3 heterocycles. The highest BCUT2D eigenvalue weighted by molar-refractivity contribution is 6.25. The molecule has 1 N–H and O–H groups in total. The first-order chi connectivity index (χ1) is 23.8. The van der Waals surface area contributed by atoms with Crippen LogP contribution in [0.5, 0.6) is 0 Å². The summed E-state index contributed by atoms with van der Waals surface area (Å²) in [4.78, 5) is 10.3. The zero-order chi connectivity index (χ0) is 31.6. The Morgan fingerprint density at radius 3 is 1.94 bits per heavy atom. The highest BCUT2D eigenvalue weighted by Gasteiger charge is 2.26. The number of nitrogens with one attached hydrogen (secondary N) is 1. The van der Waals surface area contributed by atoms with E-state index >= 15 is 0 Å². The van der Waals surface area contributed by atoms with Crippen LogP contribution in [0.3, 0.4) is 0 Å². The molecule has 10 rings (SSSR count). The molecule has 0 saturated heterocycles. The number of aromatic nitrogens is 2. The van der Waals surface area contributed by atoms with Crippen LogP contribution in [0.25, 0.3) is 60.1 Å². The van der Waals surface area contributed by atoms with Crippen molar-refractivity contribution in [2.45, 2.75) is 6.29 Å². The molecule has 1 atom stereocenters. The van der Waals surface area contributed by atoms with Crippen molar-refractivity contribution in [3.8, 4) is 5.69 Å². The molecule has 0 amide bonds. The molecular formula is C43H29N5. The van der Waals surface area contributed by atoms with Crippen molar-refractivity contribution in [3.63, 3.8) is 0 Å². The van der Waals surface area contributed by atoms with E-state index in [-0.39, 0.29) is 0 Å². The van der Waals surface area contributed by atoms with E-state index in [1.165, 1.54) is 37.8 Å². The van der Waals surface area contributed by atoms with Gasteiger partial charge in [0.1, 0.15) is 5.84 Å². The van der Waals surface area contributed by atoms with Crippen LogP contribution in [0.4, 0.5) is 0 Å². The summed E-state index contributed by atoms with van der Waals surface area (Å²) in [6.07, 6.45) is -0.428. The Balaban J connectivity index is 1.30. The quantitative estimate of drug-likeness (QED) is 0.210. The number of hydrogen-bond acceptors (Lipinski definition) is 3. The Morgan fingerprint density at radius 2 is 1.15 bits per heavy atom. The van der Waals surface area contributed by atoms with Gasteiger partial charge in [-0.3, -0.25) is 0 Å². The van der Waals surface area contributed by atoms with Gasteiger partial charge < -0.3 is 14.5 Å². The average molecular weight is 616 g/mol. The van der Waals surface area contributed by atoms with Crippen molar-refractivity contribution in [3.05, 3.63) is 175 Å². The zero-order valence-corrected chi connectivity index (χ0v) is 26.0. The van der Waals surface area contributed by atoms with Crippen LogP contribution >= 0.6 is 0 Å². The maximum Gasteiger partial charge on any atom is 0.204 e. The smallest absolute Gasteiger partial charge is 0.204 e. The number of amidine groups is 2. The second-order valence-electron chi connectivity index (χ2n) is 12.3. The van der Waals surface area contributed by atoms with E-state index in [0.717, 1.165) is 39.2 Å². The maximum absolute atomic E-state index is 5.29. The average Bonchev–Trinajstić information content (AvgIpc) is 3.67. The van der Waals surface area contributed by atoms with Gasteiger partial charge in [0.05, 0.1) is 22.1 Å². The lowest BCUT2D eigenvalue weighted by molar-refractivity contribution is 0.516. The van der Waals surface area contributed by atoms with E-state index in [9.17, 15) is 0 Å². The van der Waals surface area contributed by atoms with E-state index < -0.39 is 6.29 Å². The summed E-state index contributed by atoms with van der Waals surface area (Å²) in [6, 6.07) is 57.9. The molecule has 2 aromatic heterocycles. The Kier molecular flexibility index (Phi) is 5.87. The predicted octanol–water partition coefficient (Wildman–Crippen LogP) is 10.00. The van der Waals surface area contributed by atoms with E-state index in [1.807, 2.05) is 36.4 Å². The van der Waals surface area contributed by atoms with E-state index in [4.69, 9.17) is 9.98 Å². The third-order valence-electron chi connectivity index (χ3n) is 9.55. The van der Waals surface area contributed by atoms with Crippen molar-refractivity contribution in [2.24, 2.45) is 9.98 Å². The first kappa shape index (κ1) is 26.7. The number of rotatable bonds is 4. The molecule has 0 bridgehead atoms. The molecule has 7 aromatic carbocycles. The van der Waals surface area contributed by atoms with E-state index in [2.05, 4.69) is 142 Å². The molecule has 9 aromatic rings. The van der Waals surface area contributed by atoms with Crippen LogP contribution in [0.15, 0.2) is 174 Å². The molecule has 48 heavy (non-hydrogen) atoms.